The third-order valence-electron chi connectivity index (χ3n) is 4.37. The molecule has 1 aromatic carbocycles. The van der Waals surface area contributed by atoms with Crippen LogP contribution < -0.4 is 17.0 Å². The van der Waals surface area contributed by atoms with Gasteiger partial charge in [-0.05, 0) is 36.8 Å². The summed E-state index contributed by atoms with van der Waals surface area (Å²) in [6, 6.07) is 6.87. The standard InChI is InChI=1S/C19H16F3N3O4S2.ClH/c1-10-3-2-6-25(14(10)9-30-31-15(17(28)29)8-16(26)27)18-23-12-5-4-11(19(20,21)22)7-13(12)24-18;/h2-7,15H,8-9H2,1H3,(H2-,23,24,26,27,28,29);1H. The number of aromatic amines is 1. The molecule has 32 heavy (non-hydrogen) atoms. The smallest absolute Gasteiger partial charge is 0.416 e. The number of alkyl halides is 3. The number of halogens is 4. The zero-order chi connectivity index (χ0) is 22.8. The predicted molar refractivity (Wildman–Crippen MR) is 110 cm³/mol. The van der Waals surface area contributed by atoms with E-state index < -0.39 is 35.3 Å². The molecule has 172 valence electrons. The number of aliphatic carboxylic acids is 2. The van der Waals surface area contributed by atoms with Crippen LogP contribution >= 0.6 is 21.6 Å². The fourth-order valence-corrected chi connectivity index (χ4v) is 5.29. The summed E-state index contributed by atoms with van der Waals surface area (Å²) in [7, 11) is 2.12. The summed E-state index contributed by atoms with van der Waals surface area (Å²) in [6.07, 6.45) is -3.28. The highest BCUT2D eigenvalue weighted by molar-refractivity contribution is 8.76. The Labute approximate surface area is 194 Å². The van der Waals surface area contributed by atoms with Gasteiger partial charge < -0.3 is 22.6 Å². The van der Waals surface area contributed by atoms with Crippen LogP contribution in [0, 0.1) is 6.92 Å². The van der Waals surface area contributed by atoms with Crippen molar-refractivity contribution in [2.24, 2.45) is 0 Å². The van der Waals surface area contributed by atoms with Crippen LogP contribution in [-0.4, -0.2) is 37.4 Å². The number of benzene rings is 1. The van der Waals surface area contributed by atoms with E-state index in [-0.39, 0.29) is 17.9 Å². The molecule has 7 nitrogen and oxygen atoms in total. The van der Waals surface area contributed by atoms with Gasteiger partial charge in [0.1, 0.15) is 10.8 Å². The number of imidazole rings is 1. The second kappa shape index (κ2) is 10.5. The molecule has 0 spiro atoms. The van der Waals surface area contributed by atoms with Gasteiger partial charge in [0.25, 0.3) is 0 Å². The first-order chi connectivity index (χ1) is 14.6. The molecule has 0 saturated heterocycles. The van der Waals surface area contributed by atoms with E-state index in [4.69, 9.17) is 10.2 Å². The molecule has 0 amide bonds. The number of pyridine rings is 1. The Morgan fingerprint density at radius 2 is 1.97 bits per heavy atom. The summed E-state index contributed by atoms with van der Waals surface area (Å²) in [5.74, 6) is -1.77. The molecule has 13 heteroatoms. The lowest BCUT2D eigenvalue weighted by Gasteiger charge is -2.11. The molecule has 3 rings (SSSR count). The zero-order valence-electron chi connectivity index (χ0n) is 16.4. The van der Waals surface area contributed by atoms with Crippen molar-refractivity contribution in [1.29, 1.82) is 0 Å². The van der Waals surface area contributed by atoms with Crippen molar-refractivity contribution in [3.63, 3.8) is 0 Å². The second-order valence-corrected chi connectivity index (χ2v) is 9.15. The van der Waals surface area contributed by atoms with Crippen molar-refractivity contribution in [2.45, 2.75) is 30.5 Å². The third kappa shape index (κ3) is 6.08. The van der Waals surface area contributed by atoms with Crippen LogP contribution in [0.4, 0.5) is 13.2 Å². The third-order valence-corrected chi connectivity index (χ3v) is 6.96. The molecule has 1 atom stereocenters. The average molecular weight is 508 g/mol. The summed E-state index contributed by atoms with van der Waals surface area (Å²) in [5.41, 5.74) is 1.42. The van der Waals surface area contributed by atoms with Crippen LogP contribution in [0.3, 0.4) is 0 Å². The van der Waals surface area contributed by atoms with E-state index in [0.29, 0.717) is 17.2 Å². The van der Waals surface area contributed by atoms with Crippen LogP contribution in [0.25, 0.3) is 17.0 Å². The molecule has 0 radical (unpaired) electrons. The fraction of sp³-hybridized carbons (Fsp3) is 0.263. The number of aromatic nitrogens is 3. The van der Waals surface area contributed by atoms with Gasteiger partial charge in [0.15, 0.2) is 5.52 Å². The fourth-order valence-electron chi connectivity index (χ4n) is 2.81. The highest BCUT2D eigenvalue weighted by Crippen LogP contribution is 2.33. The quantitative estimate of drug-likeness (QED) is 0.308. The topological polar surface area (TPSA) is 107 Å². The Kier molecular flexibility index (Phi) is 8.43. The van der Waals surface area contributed by atoms with Gasteiger partial charge in [-0.1, -0.05) is 32.6 Å². The summed E-state index contributed by atoms with van der Waals surface area (Å²) >= 11 is 0. The van der Waals surface area contributed by atoms with Crippen molar-refractivity contribution in [1.82, 2.24) is 9.97 Å². The summed E-state index contributed by atoms with van der Waals surface area (Å²) in [5, 5.41) is 16.9. The van der Waals surface area contributed by atoms with Crippen molar-refractivity contribution in [2.75, 3.05) is 0 Å². The number of carbonyl (C=O) groups is 2. The maximum Gasteiger partial charge on any atom is 0.416 e. The minimum atomic E-state index is -4.47. The van der Waals surface area contributed by atoms with Crippen molar-refractivity contribution < 1.29 is 49.9 Å². The molecule has 0 fully saturated rings. The second-order valence-electron chi connectivity index (χ2n) is 6.58. The highest BCUT2D eigenvalue weighted by Gasteiger charge is 2.32. The van der Waals surface area contributed by atoms with Crippen LogP contribution in [0.1, 0.15) is 23.2 Å². The van der Waals surface area contributed by atoms with Crippen molar-refractivity contribution in [3.05, 3.63) is 53.3 Å². The first-order valence-electron chi connectivity index (χ1n) is 8.86. The number of fused-ring (bicyclic) bond motifs is 1. The van der Waals surface area contributed by atoms with Crippen LogP contribution in [0.15, 0.2) is 36.5 Å². The lowest BCUT2D eigenvalue weighted by atomic mass is 10.2. The highest BCUT2D eigenvalue weighted by atomic mass is 35.5. The molecule has 0 bridgehead atoms. The van der Waals surface area contributed by atoms with E-state index in [1.54, 1.807) is 16.8 Å². The van der Waals surface area contributed by atoms with Crippen molar-refractivity contribution in [3.8, 4) is 5.95 Å². The Morgan fingerprint density at radius 1 is 1.25 bits per heavy atom. The Bertz CT molecular complexity index is 1140. The van der Waals surface area contributed by atoms with E-state index in [1.807, 2.05) is 13.0 Å². The van der Waals surface area contributed by atoms with E-state index in [1.165, 1.54) is 16.9 Å². The van der Waals surface area contributed by atoms with E-state index in [0.717, 1.165) is 34.2 Å². The number of carboxylic acid groups (broad SMARTS) is 2. The van der Waals surface area contributed by atoms with Crippen molar-refractivity contribution >= 4 is 44.6 Å². The van der Waals surface area contributed by atoms with Gasteiger partial charge in [-0.3, -0.25) is 9.59 Å². The first-order valence-corrected chi connectivity index (χ1v) is 11.2. The number of nitrogens with one attached hydrogen (secondary N) is 1. The van der Waals surface area contributed by atoms with Gasteiger partial charge in [-0.25, -0.2) is 9.55 Å². The number of aryl methyl sites for hydroxylation is 1. The number of nitrogens with zero attached hydrogens (tertiary/aromatic N) is 2. The zero-order valence-corrected chi connectivity index (χ0v) is 18.8. The number of carboxylic acids is 2. The molecule has 0 saturated carbocycles. The lowest BCUT2D eigenvalue weighted by molar-refractivity contribution is -0.610. The SMILES string of the molecule is Cc1ccc[n+](-c2nc3cc(C(F)(F)F)ccc3[nH]2)c1CSSC(CC(=O)O)C(=O)O.[Cl-]. The largest absolute Gasteiger partial charge is 1.00 e. The van der Waals surface area contributed by atoms with Gasteiger partial charge in [0.2, 0.25) is 0 Å². The van der Waals surface area contributed by atoms with Gasteiger partial charge in [-0.2, -0.15) is 13.2 Å². The minimum absolute atomic E-state index is 0. The molecule has 3 N–H and O–H groups in total. The summed E-state index contributed by atoms with van der Waals surface area (Å²) < 4.78 is 40.6. The molecule has 1 unspecified atom stereocenters. The summed E-state index contributed by atoms with van der Waals surface area (Å²) in [6.45, 7) is 1.84. The monoisotopic (exact) mass is 507 g/mol. The van der Waals surface area contributed by atoms with E-state index in [9.17, 15) is 22.8 Å². The van der Waals surface area contributed by atoms with Gasteiger partial charge >= 0.3 is 24.1 Å². The summed E-state index contributed by atoms with van der Waals surface area (Å²) in [4.78, 5) is 29.4. The average Bonchev–Trinajstić information content (AvgIpc) is 3.10. The number of H-pyrrole nitrogens is 1. The molecular weight excluding hydrogens is 491 g/mol. The predicted octanol–water partition coefficient (Wildman–Crippen LogP) is 0.980. The van der Waals surface area contributed by atoms with E-state index in [2.05, 4.69) is 9.97 Å². The maximum atomic E-state index is 13.0. The number of hydrogen-bond acceptors (Lipinski definition) is 5. The first kappa shape index (κ1) is 25.8. The van der Waals surface area contributed by atoms with Gasteiger partial charge in [-0.15, -0.1) is 0 Å². The van der Waals surface area contributed by atoms with Gasteiger partial charge in [0.05, 0.1) is 29.6 Å². The number of hydrogen-bond donors (Lipinski definition) is 3. The van der Waals surface area contributed by atoms with E-state index >= 15 is 0 Å². The Hall–Kier alpha value is -2.44. The molecule has 0 aliphatic carbocycles. The Morgan fingerprint density at radius 3 is 2.59 bits per heavy atom. The van der Waals surface area contributed by atoms with Crippen LogP contribution in [0.5, 0.6) is 0 Å². The van der Waals surface area contributed by atoms with Crippen LogP contribution in [-0.2, 0) is 21.5 Å². The van der Waals surface area contributed by atoms with Crippen LogP contribution in [0.2, 0.25) is 0 Å². The molecule has 2 heterocycles. The minimum Gasteiger partial charge on any atom is -1.00 e. The maximum absolute atomic E-state index is 13.0. The molecule has 0 aliphatic rings. The molecule has 0 aliphatic heterocycles. The molecule has 2 aromatic heterocycles. The lowest BCUT2D eigenvalue weighted by Crippen LogP contribution is -3.00. The number of rotatable bonds is 8. The molecule has 3 aromatic rings. The molecular formula is C19H17ClF3N3O4S2. The Balaban J connectivity index is 0.00000363. The normalized spacial score (nSPS) is 12.4. The van der Waals surface area contributed by atoms with Gasteiger partial charge in [0, 0.05) is 0 Å².